The number of hydrogen-bond acceptors (Lipinski definition) is 5. The molecule has 1 aromatic rings. The lowest BCUT2D eigenvalue weighted by Gasteiger charge is -2.21. The first-order valence-corrected chi connectivity index (χ1v) is 12.3. The Morgan fingerprint density at radius 2 is 1.70 bits per heavy atom. The van der Waals surface area contributed by atoms with Crippen molar-refractivity contribution in [2.45, 2.75) is 83.0 Å². The summed E-state index contributed by atoms with van der Waals surface area (Å²) >= 11 is 1.50. The highest BCUT2D eigenvalue weighted by atomic mass is 32.1. The molecule has 0 aromatic carbocycles. The van der Waals surface area contributed by atoms with Crippen LogP contribution in [0, 0.1) is 17.8 Å². The van der Waals surface area contributed by atoms with E-state index in [1.54, 1.807) is 0 Å². The van der Waals surface area contributed by atoms with Gasteiger partial charge in [0.2, 0.25) is 11.8 Å². The zero-order chi connectivity index (χ0) is 20.6. The lowest BCUT2D eigenvalue weighted by atomic mass is 9.81. The van der Waals surface area contributed by atoms with E-state index in [9.17, 15) is 14.4 Å². The summed E-state index contributed by atoms with van der Waals surface area (Å²) in [6.45, 7) is 2.23. The Labute approximate surface area is 180 Å². The number of fused-ring (bicyclic) bond motifs is 6. The zero-order valence-corrected chi connectivity index (χ0v) is 18.1. The fraction of sp³-hybridized carbons (Fsp3) is 0.696. The first kappa shape index (κ1) is 19.0. The highest BCUT2D eigenvalue weighted by Crippen LogP contribution is 2.52. The van der Waals surface area contributed by atoms with Crippen molar-refractivity contribution in [1.82, 2.24) is 5.32 Å². The van der Waals surface area contributed by atoms with Crippen molar-refractivity contribution in [3.8, 4) is 0 Å². The summed E-state index contributed by atoms with van der Waals surface area (Å²) in [4.78, 5) is 42.7. The minimum absolute atomic E-state index is 0.0964. The Balaban J connectivity index is 1.40. The van der Waals surface area contributed by atoms with Crippen molar-refractivity contribution in [3.05, 3.63) is 16.0 Å². The maximum Gasteiger partial charge on any atom is 0.254 e. The predicted octanol–water partition coefficient (Wildman–Crippen LogP) is 3.21. The van der Waals surface area contributed by atoms with Crippen molar-refractivity contribution in [3.63, 3.8) is 0 Å². The molecule has 3 saturated heterocycles. The molecule has 2 bridgehead atoms. The van der Waals surface area contributed by atoms with Gasteiger partial charge in [0.25, 0.3) is 5.91 Å². The van der Waals surface area contributed by atoms with Crippen molar-refractivity contribution in [1.29, 1.82) is 0 Å². The van der Waals surface area contributed by atoms with Gasteiger partial charge < -0.3 is 10.1 Å². The summed E-state index contributed by atoms with van der Waals surface area (Å²) in [6, 6.07) is 0.206. The van der Waals surface area contributed by atoms with Crippen LogP contribution in [0.1, 0.15) is 72.7 Å². The summed E-state index contributed by atoms with van der Waals surface area (Å²) in [5.41, 5.74) is 1.67. The first-order chi connectivity index (χ1) is 14.5. The smallest absolute Gasteiger partial charge is 0.254 e. The van der Waals surface area contributed by atoms with Gasteiger partial charge in [0, 0.05) is 10.9 Å². The molecule has 5 atom stereocenters. The monoisotopic (exact) mass is 428 g/mol. The van der Waals surface area contributed by atoms with E-state index in [-0.39, 0.29) is 47.8 Å². The fourth-order valence-electron chi connectivity index (χ4n) is 6.37. The van der Waals surface area contributed by atoms with E-state index in [2.05, 4.69) is 12.2 Å². The quantitative estimate of drug-likeness (QED) is 0.750. The van der Waals surface area contributed by atoms with Crippen molar-refractivity contribution in [2.75, 3.05) is 4.90 Å². The topological polar surface area (TPSA) is 75.7 Å². The average molecular weight is 429 g/mol. The van der Waals surface area contributed by atoms with Crippen LogP contribution in [0.3, 0.4) is 0 Å². The molecule has 30 heavy (non-hydrogen) atoms. The minimum atomic E-state index is -0.361. The summed E-state index contributed by atoms with van der Waals surface area (Å²) in [5.74, 6) is -0.568. The number of carbonyl (C=O) groups excluding carboxylic acids is 3. The number of imide groups is 1. The molecule has 7 heteroatoms. The molecular formula is C23H28N2O4S. The van der Waals surface area contributed by atoms with E-state index in [1.165, 1.54) is 21.1 Å². The molecule has 1 saturated carbocycles. The molecule has 1 aromatic heterocycles. The third-order valence-corrected chi connectivity index (χ3v) is 9.14. The van der Waals surface area contributed by atoms with Gasteiger partial charge in [-0.1, -0.05) is 19.8 Å². The lowest BCUT2D eigenvalue weighted by molar-refractivity contribution is -0.124. The Morgan fingerprint density at radius 1 is 1.03 bits per heavy atom. The Bertz CT molecular complexity index is 906. The molecule has 0 unspecified atom stereocenters. The molecule has 5 aliphatic rings. The van der Waals surface area contributed by atoms with Crippen LogP contribution >= 0.6 is 11.3 Å². The summed E-state index contributed by atoms with van der Waals surface area (Å²) < 4.78 is 5.88. The second-order valence-corrected chi connectivity index (χ2v) is 10.9. The largest absolute Gasteiger partial charge is 0.373 e. The normalized spacial score (nSPS) is 35.2. The number of nitrogens with one attached hydrogen (secondary N) is 1. The van der Waals surface area contributed by atoms with E-state index in [1.807, 2.05) is 0 Å². The molecule has 4 heterocycles. The van der Waals surface area contributed by atoms with Crippen LogP contribution in [0.5, 0.6) is 0 Å². The third-order valence-electron chi connectivity index (χ3n) is 7.90. The van der Waals surface area contributed by atoms with Gasteiger partial charge in [-0.3, -0.25) is 14.4 Å². The number of rotatable bonds is 3. The number of nitrogens with zero attached hydrogens (tertiary/aromatic N) is 1. The van der Waals surface area contributed by atoms with E-state index >= 15 is 0 Å². The lowest BCUT2D eigenvalue weighted by Crippen LogP contribution is -2.37. The van der Waals surface area contributed by atoms with Crippen LogP contribution in [0.25, 0.3) is 0 Å². The molecular weight excluding hydrogens is 400 g/mol. The third kappa shape index (κ3) is 2.67. The van der Waals surface area contributed by atoms with Crippen LogP contribution in [0.2, 0.25) is 0 Å². The van der Waals surface area contributed by atoms with Crippen LogP contribution < -0.4 is 10.2 Å². The maximum absolute atomic E-state index is 13.4. The molecule has 3 aliphatic heterocycles. The fourth-order valence-corrected chi connectivity index (χ4v) is 7.89. The van der Waals surface area contributed by atoms with Gasteiger partial charge in [0.1, 0.15) is 5.00 Å². The van der Waals surface area contributed by atoms with Crippen LogP contribution in [0.15, 0.2) is 0 Å². The number of thiophene rings is 1. The maximum atomic E-state index is 13.4. The number of carbonyl (C=O) groups is 3. The highest BCUT2D eigenvalue weighted by Gasteiger charge is 2.63. The standard InChI is InChI=1S/C23H28N2O4S/c1-11-6-7-13-16(10-11)30-23(17(13)20(26)24-12-4-2-3-5-12)25-21(27)18-14-8-9-15(29-14)19(18)22(25)28/h11-12,14-15,18-19H,2-10H2,1H3,(H,24,26)/t11-,14+,15+,18-,19+/m0/s1. The highest BCUT2D eigenvalue weighted by molar-refractivity contribution is 7.17. The second-order valence-electron chi connectivity index (χ2n) is 9.84. The predicted molar refractivity (Wildman–Crippen MR) is 113 cm³/mol. The Morgan fingerprint density at radius 3 is 2.37 bits per heavy atom. The van der Waals surface area contributed by atoms with Crippen LogP contribution in [0.4, 0.5) is 5.00 Å². The Hall–Kier alpha value is -1.73. The molecule has 1 N–H and O–H groups in total. The first-order valence-electron chi connectivity index (χ1n) is 11.5. The van der Waals surface area contributed by atoms with Gasteiger partial charge in [-0.2, -0.15) is 0 Å². The van der Waals surface area contributed by atoms with Gasteiger partial charge in [0.15, 0.2) is 0 Å². The van der Waals surface area contributed by atoms with Gasteiger partial charge >= 0.3 is 0 Å². The van der Waals surface area contributed by atoms with Crippen LogP contribution in [-0.2, 0) is 27.2 Å². The molecule has 6 rings (SSSR count). The summed E-state index contributed by atoms with van der Waals surface area (Å²) in [6.07, 6.45) is 8.56. The van der Waals surface area contributed by atoms with E-state index < -0.39 is 0 Å². The molecule has 160 valence electrons. The molecule has 2 aliphatic carbocycles. The molecule has 6 nitrogen and oxygen atoms in total. The second kappa shape index (κ2) is 6.89. The molecule has 0 radical (unpaired) electrons. The van der Waals surface area contributed by atoms with Crippen molar-refractivity contribution >= 4 is 34.1 Å². The van der Waals surface area contributed by atoms with E-state index in [4.69, 9.17) is 4.74 Å². The van der Waals surface area contributed by atoms with Crippen molar-refractivity contribution in [2.24, 2.45) is 17.8 Å². The molecule has 3 amide bonds. The number of amides is 3. The zero-order valence-electron chi connectivity index (χ0n) is 17.3. The van der Waals surface area contributed by atoms with E-state index in [0.29, 0.717) is 16.5 Å². The summed E-state index contributed by atoms with van der Waals surface area (Å²) in [5, 5.41) is 3.79. The van der Waals surface area contributed by atoms with E-state index in [0.717, 1.165) is 63.4 Å². The van der Waals surface area contributed by atoms with Gasteiger partial charge in [-0.15, -0.1) is 11.3 Å². The van der Waals surface area contributed by atoms with Crippen molar-refractivity contribution < 1.29 is 19.1 Å². The van der Waals surface area contributed by atoms with Crippen LogP contribution in [-0.4, -0.2) is 36.0 Å². The summed E-state index contributed by atoms with van der Waals surface area (Å²) in [7, 11) is 0. The molecule has 4 fully saturated rings. The number of hydrogen-bond donors (Lipinski definition) is 1. The van der Waals surface area contributed by atoms with Gasteiger partial charge in [-0.25, -0.2) is 4.90 Å². The van der Waals surface area contributed by atoms with Gasteiger partial charge in [0.05, 0.1) is 29.6 Å². The molecule has 0 spiro atoms. The average Bonchev–Trinajstić information content (AvgIpc) is 3.51. The van der Waals surface area contributed by atoms with Gasteiger partial charge in [-0.05, 0) is 56.4 Å². The number of ether oxygens (including phenoxy) is 1. The number of anilines is 1. The SMILES string of the molecule is C[C@H]1CCc2c(sc(N3C(=O)[C@@H]4[C@H](C3=O)[C@H]3CC[C@H]4O3)c2C(=O)NC2CCCC2)C1. The Kier molecular flexibility index (Phi) is 4.36. The minimum Gasteiger partial charge on any atom is -0.373 e.